The normalized spacial score (nSPS) is 15.5. The number of benzene rings is 2. The number of nitrogens with zero attached hydrogens (tertiary/aromatic N) is 1. The second-order valence-corrected chi connectivity index (χ2v) is 8.57. The van der Waals surface area contributed by atoms with E-state index < -0.39 is 10.0 Å². The lowest BCUT2D eigenvalue weighted by atomic mass is 10.1. The molecule has 1 N–H and O–H groups in total. The molecule has 0 spiro atoms. The molecule has 1 saturated heterocycles. The van der Waals surface area contributed by atoms with E-state index in [0.29, 0.717) is 44.0 Å². The van der Waals surface area contributed by atoms with Crippen molar-refractivity contribution >= 4 is 15.9 Å². The summed E-state index contributed by atoms with van der Waals surface area (Å²) >= 11 is 0. The van der Waals surface area contributed by atoms with Crippen LogP contribution < -0.4 is 5.32 Å². The Morgan fingerprint density at radius 1 is 1.07 bits per heavy atom. The van der Waals surface area contributed by atoms with Gasteiger partial charge in [0, 0.05) is 25.2 Å². The first-order valence-corrected chi connectivity index (χ1v) is 10.3. The number of rotatable bonds is 5. The number of ether oxygens (including phenoxy) is 1. The number of amides is 1. The van der Waals surface area contributed by atoms with Crippen LogP contribution in [0.5, 0.6) is 0 Å². The smallest absolute Gasteiger partial charge is 0.251 e. The van der Waals surface area contributed by atoms with E-state index in [1.165, 1.54) is 10.4 Å². The Morgan fingerprint density at radius 2 is 1.74 bits per heavy atom. The topological polar surface area (TPSA) is 75.7 Å². The monoisotopic (exact) mass is 388 g/mol. The molecular weight excluding hydrogens is 364 g/mol. The van der Waals surface area contributed by atoms with E-state index in [1.54, 1.807) is 19.1 Å². The quantitative estimate of drug-likeness (QED) is 0.852. The fourth-order valence-electron chi connectivity index (χ4n) is 2.94. The second kappa shape index (κ2) is 8.21. The maximum Gasteiger partial charge on any atom is 0.251 e. The Morgan fingerprint density at radius 3 is 2.41 bits per heavy atom. The van der Waals surface area contributed by atoms with Crippen LogP contribution in [0.25, 0.3) is 0 Å². The maximum atomic E-state index is 12.9. The van der Waals surface area contributed by atoms with Crippen molar-refractivity contribution in [2.75, 3.05) is 26.3 Å². The van der Waals surface area contributed by atoms with Gasteiger partial charge in [-0.3, -0.25) is 4.79 Å². The van der Waals surface area contributed by atoms with Gasteiger partial charge >= 0.3 is 0 Å². The molecule has 1 aliphatic heterocycles. The summed E-state index contributed by atoms with van der Waals surface area (Å²) in [6.45, 7) is 5.55. The first kappa shape index (κ1) is 19.5. The summed E-state index contributed by atoms with van der Waals surface area (Å²) in [7, 11) is -3.65. The lowest BCUT2D eigenvalue weighted by molar-refractivity contribution is 0.0730. The van der Waals surface area contributed by atoms with Crippen molar-refractivity contribution in [3.63, 3.8) is 0 Å². The van der Waals surface area contributed by atoms with Crippen molar-refractivity contribution in [3.05, 3.63) is 64.7 Å². The van der Waals surface area contributed by atoms with Crippen molar-refractivity contribution in [2.24, 2.45) is 0 Å². The van der Waals surface area contributed by atoms with Crippen LogP contribution >= 0.6 is 0 Å². The lowest BCUT2D eigenvalue weighted by Crippen LogP contribution is -2.41. The van der Waals surface area contributed by atoms with Gasteiger partial charge in [0.1, 0.15) is 0 Å². The molecule has 1 heterocycles. The molecule has 0 unspecified atom stereocenters. The molecule has 1 amide bonds. The third-order valence-corrected chi connectivity index (χ3v) is 6.65. The van der Waals surface area contributed by atoms with Crippen LogP contribution in [0, 0.1) is 13.8 Å². The summed E-state index contributed by atoms with van der Waals surface area (Å²) < 4.78 is 32.5. The molecule has 1 fully saturated rings. The minimum Gasteiger partial charge on any atom is -0.379 e. The van der Waals surface area contributed by atoms with Crippen LogP contribution in [0.4, 0.5) is 0 Å². The van der Waals surface area contributed by atoms with Crippen molar-refractivity contribution in [1.82, 2.24) is 9.62 Å². The van der Waals surface area contributed by atoms with Gasteiger partial charge in [-0.15, -0.1) is 0 Å². The molecule has 3 rings (SSSR count). The zero-order valence-electron chi connectivity index (χ0n) is 15.6. The minimum absolute atomic E-state index is 0.174. The average molecular weight is 388 g/mol. The van der Waals surface area contributed by atoms with Gasteiger partial charge in [-0.2, -0.15) is 4.31 Å². The number of hydrogen-bond acceptors (Lipinski definition) is 4. The molecule has 2 aromatic rings. The Balaban J connectivity index is 1.77. The van der Waals surface area contributed by atoms with Crippen molar-refractivity contribution in [3.8, 4) is 0 Å². The third kappa shape index (κ3) is 4.55. The molecule has 6 nitrogen and oxygen atoms in total. The number of morpholine rings is 1. The van der Waals surface area contributed by atoms with Crippen LogP contribution in [0.1, 0.15) is 27.0 Å². The summed E-state index contributed by atoms with van der Waals surface area (Å²) in [6.07, 6.45) is 0. The van der Waals surface area contributed by atoms with E-state index >= 15 is 0 Å². The molecule has 144 valence electrons. The van der Waals surface area contributed by atoms with Crippen molar-refractivity contribution in [1.29, 1.82) is 0 Å². The fourth-order valence-corrected chi connectivity index (χ4v) is 4.59. The predicted molar refractivity (Wildman–Crippen MR) is 103 cm³/mol. The maximum absolute atomic E-state index is 12.9. The van der Waals surface area contributed by atoms with Gasteiger partial charge < -0.3 is 10.1 Å². The largest absolute Gasteiger partial charge is 0.379 e. The minimum atomic E-state index is -3.65. The molecule has 2 aromatic carbocycles. The molecule has 0 saturated carbocycles. The lowest BCUT2D eigenvalue weighted by Gasteiger charge is -2.26. The zero-order valence-corrected chi connectivity index (χ0v) is 16.4. The van der Waals surface area contributed by atoms with E-state index in [1.807, 2.05) is 31.2 Å². The van der Waals surface area contributed by atoms with E-state index in [9.17, 15) is 13.2 Å². The Labute approximate surface area is 160 Å². The van der Waals surface area contributed by atoms with Crippen LogP contribution in [-0.2, 0) is 21.3 Å². The van der Waals surface area contributed by atoms with Gasteiger partial charge in [0.15, 0.2) is 0 Å². The van der Waals surface area contributed by atoms with Crippen LogP contribution in [0.2, 0.25) is 0 Å². The molecule has 27 heavy (non-hydrogen) atoms. The molecule has 0 aromatic heterocycles. The first-order chi connectivity index (χ1) is 12.9. The number of sulfonamides is 1. The third-order valence-electron chi connectivity index (χ3n) is 4.61. The Bertz CT molecular complexity index is 917. The summed E-state index contributed by atoms with van der Waals surface area (Å²) in [5.41, 5.74) is 3.10. The van der Waals surface area contributed by atoms with Crippen LogP contribution in [-0.4, -0.2) is 44.9 Å². The molecule has 0 radical (unpaired) electrons. The van der Waals surface area contributed by atoms with Crippen molar-refractivity contribution < 1.29 is 17.9 Å². The Kier molecular flexibility index (Phi) is 5.94. The highest BCUT2D eigenvalue weighted by molar-refractivity contribution is 7.89. The fraction of sp³-hybridized carbons (Fsp3) is 0.350. The highest BCUT2D eigenvalue weighted by Crippen LogP contribution is 2.22. The predicted octanol–water partition coefficient (Wildman–Crippen LogP) is 2.25. The first-order valence-electron chi connectivity index (χ1n) is 8.90. The number of hydrogen-bond donors (Lipinski definition) is 1. The zero-order chi connectivity index (χ0) is 19.4. The molecule has 0 bridgehead atoms. The van der Waals surface area contributed by atoms with E-state index in [-0.39, 0.29) is 10.8 Å². The van der Waals surface area contributed by atoms with E-state index in [0.717, 1.165) is 11.1 Å². The van der Waals surface area contributed by atoms with Gasteiger partial charge in [-0.1, -0.05) is 35.9 Å². The van der Waals surface area contributed by atoms with Gasteiger partial charge in [0.05, 0.1) is 18.1 Å². The molecule has 0 aliphatic carbocycles. The number of carbonyl (C=O) groups excluding carboxylic acids is 1. The highest BCUT2D eigenvalue weighted by atomic mass is 32.2. The highest BCUT2D eigenvalue weighted by Gasteiger charge is 2.28. The molecule has 1 aliphatic rings. The van der Waals surface area contributed by atoms with Crippen LogP contribution in [0.3, 0.4) is 0 Å². The van der Waals surface area contributed by atoms with Gasteiger partial charge in [0.25, 0.3) is 5.91 Å². The number of nitrogens with one attached hydrogen (secondary N) is 1. The molecular formula is C20H24N2O4S. The van der Waals surface area contributed by atoms with Crippen molar-refractivity contribution in [2.45, 2.75) is 25.3 Å². The standard InChI is InChI=1S/C20H24N2O4S/c1-15-3-6-17(7-4-15)14-21-20(23)18-8-5-16(2)19(13-18)27(24,25)22-9-11-26-12-10-22/h3-8,13H,9-12,14H2,1-2H3,(H,21,23). The van der Waals surface area contributed by atoms with E-state index in [2.05, 4.69) is 5.32 Å². The summed E-state index contributed by atoms with van der Waals surface area (Å²) in [5.74, 6) is -0.297. The summed E-state index contributed by atoms with van der Waals surface area (Å²) in [6, 6.07) is 12.7. The molecule has 7 heteroatoms. The number of carbonyl (C=O) groups is 1. The van der Waals surface area contributed by atoms with Crippen LogP contribution in [0.15, 0.2) is 47.4 Å². The summed E-state index contributed by atoms with van der Waals surface area (Å²) in [4.78, 5) is 12.7. The van der Waals surface area contributed by atoms with E-state index in [4.69, 9.17) is 4.74 Å². The van der Waals surface area contributed by atoms with Gasteiger partial charge in [0.2, 0.25) is 10.0 Å². The van der Waals surface area contributed by atoms with Gasteiger partial charge in [-0.25, -0.2) is 8.42 Å². The molecule has 0 atom stereocenters. The van der Waals surface area contributed by atoms with Gasteiger partial charge in [-0.05, 0) is 37.1 Å². The Hall–Kier alpha value is -2.22. The SMILES string of the molecule is Cc1ccc(CNC(=O)c2ccc(C)c(S(=O)(=O)N3CCOCC3)c2)cc1. The number of aryl methyl sites for hydroxylation is 2. The average Bonchev–Trinajstić information content (AvgIpc) is 2.68. The second-order valence-electron chi connectivity index (χ2n) is 6.67. The summed E-state index contributed by atoms with van der Waals surface area (Å²) in [5, 5.41) is 2.85.